The smallest absolute Gasteiger partial charge is 0.105 e. The summed E-state index contributed by atoms with van der Waals surface area (Å²) < 4.78 is 0. The summed E-state index contributed by atoms with van der Waals surface area (Å²) in [7, 11) is 0. The first kappa shape index (κ1) is 10.3. The van der Waals surface area contributed by atoms with Crippen LogP contribution in [0.25, 0.3) is 0 Å². The molecule has 0 aliphatic carbocycles. The van der Waals surface area contributed by atoms with Crippen LogP contribution in [0.5, 0.6) is 0 Å². The first-order valence-corrected chi connectivity index (χ1v) is 5.41. The van der Waals surface area contributed by atoms with Crippen molar-refractivity contribution in [1.29, 1.82) is 0 Å². The van der Waals surface area contributed by atoms with Crippen LogP contribution >= 0.6 is 0 Å². The number of nitrogens with zero attached hydrogens (tertiary/aromatic N) is 1. The van der Waals surface area contributed by atoms with E-state index in [4.69, 9.17) is 0 Å². The third kappa shape index (κ3) is 4.71. The lowest BCUT2D eigenvalue weighted by molar-refractivity contribution is 0.602. The Hall–Kier alpha value is -0.790. The molecule has 1 aromatic heterocycles. The summed E-state index contributed by atoms with van der Waals surface area (Å²) >= 11 is 0. The molecule has 0 atom stereocenters. The zero-order valence-corrected chi connectivity index (χ0v) is 8.55. The van der Waals surface area contributed by atoms with Crippen molar-refractivity contribution in [1.82, 2.24) is 9.97 Å². The number of aromatic nitrogens is 2. The van der Waals surface area contributed by atoms with E-state index in [0.717, 1.165) is 12.2 Å². The highest BCUT2D eigenvalue weighted by molar-refractivity contribution is 4.86. The molecule has 0 bridgehead atoms. The largest absolute Gasteiger partial charge is 0.349 e. The summed E-state index contributed by atoms with van der Waals surface area (Å²) in [4.78, 5) is 7.32. The quantitative estimate of drug-likeness (QED) is 0.641. The molecule has 2 nitrogen and oxygen atoms in total. The van der Waals surface area contributed by atoms with Crippen molar-refractivity contribution in [3.05, 3.63) is 18.2 Å². The number of rotatable bonds is 7. The second kappa shape index (κ2) is 6.70. The molecule has 0 spiro atoms. The lowest BCUT2D eigenvalue weighted by atomic mass is 10.1. The highest BCUT2D eigenvalue weighted by Gasteiger charge is 1.94. The Labute approximate surface area is 80.8 Å². The minimum atomic E-state index is 1.11. The van der Waals surface area contributed by atoms with E-state index in [-0.39, 0.29) is 0 Å². The lowest BCUT2D eigenvalue weighted by Crippen LogP contribution is -1.88. The van der Waals surface area contributed by atoms with E-state index in [9.17, 15) is 0 Å². The van der Waals surface area contributed by atoms with Crippen LogP contribution in [0.4, 0.5) is 0 Å². The van der Waals surface area contributed by atoms with Crippen LogP contribution < -0.4 is 0 Å². The van der Waals surface area contributed by atoms with Gasteiger partial charge in [0.15, 0.2) is 0 Å². The van der Waals surface area contributed by atoms with E-state index < -0.39 is 0 Å². The maximum absolute atomic E-state index is 4.19. The Morgan fingerprint density at radius 1 is 1.15 bits per heavy atom. The van der Waals surface area contributed by atoms with Gasteiger partial charge < -0.3 is 4.98 Å². The summed E-state index contributed by atoms with van der Waals surface area (Å²) in [5.74, 6) is 1.13. The van der Waals surface area contributed by atoms with Crippen LogP contribution in [0.15, 0.2) is 12.4 Å². The van der Waals surface area contributed by atoms with Gasteiger partial charge in [0.25, 0.3) is 0 Å². The molecule has 0 fully saturated rings. The standard InChI is InChI=1S/C11H20N2/c1-2-3-4-5-6-7-8-11-12-9-10-13-11/h9-10H,2-8H2,1H3,(H,12,13). The molecule has 0 radical (unpaired) electrons. The van der Waals surface area contributed by atoms with Crippen LogP contribution in [0, 0.1) is 0 Å². The van der Waals surface area contributed by atoms with E-state index in [1.54, 1.807) is 0 Å². The second-order valence-electron chi connectivity index (χ2n) is 3.55. The van der Waals surface area contributed by atoms with Gasteiger partial charge in [0.1, 0.15) is 5.82 Å². The average Bonchev–Trinajstić information content (AvgIpc) is 2.63. The lowest BCUT2D eigenvalue weighted by Gasteiger charge is -1.98. The Bertz CT molecular complexity index is 192. The van der Waals surface area contributed by atoms with Gasteiger partial charge in [0.05, 0.1) is 0 Å². The van der Waals surface area contributed by atoms with Crippen LogP contribution in [-0.2, 0) is 6.42 Å². The molecule has 1 rings (SSSR count). The van der Waals surface area contributed by atoms with E-state index in [1.165, 1.54) is 38.5 Å². The van der Waals surface area contributed by atoms with Crippen molar-refractivity contribution in [2.75, 3.05) is 0 Å². The monoisotopic (exact) mass is 180 g/mol. The number of hydrogen-bond acceptors (Lipinski definition) is 1. The summed E-state index contributed by atoms with van der Waals surface area (Å²) in [6.45, 7) is 2.25. The molecule has 1 aromatic rings. The third-order valence-electron chi connectivity index (χ3n) is 2.32. The maximum Gasteiger partial charge on any atom is 0.105 e. The van der Waals surface area contributed by atoms with Crippen LogP contribution in [0.3, 0.4) is 0 Å². The van der Waals surface area contributed by atoms with E-state index in [2.05, 4.69) is 16.9 Å². The van der Waals surface area contributed by atoms with Crippen molar-refractivity contribution >= 4 is 0 Å². The fraction of sp³-hybridized carbons (Fsp3) is 0.727. The molecule has 0 aromatic carbocycles. The molecular formula is C11H20N2. The van der Waals surface area contributed by atoms with Gasteiger partial charge in [-0.25, -0.2) is 4.98 Å². The number of imidazole rings is 1. The first-order chi connectivity index (χ1) is 6.43. The molecule has 74 valence electrons. The fourth-order valence-electron chi connectivity index (χ4n) is 1.51. The SMILES string of the molecule is CCCCCCCCc1ncc[nH]1. The van der Waals surface area contributed by atoms with Crippen LogP contribution in [-0.4, -0.2) is 9.97 Å². The normalized spacial score (nSPS) is 10.5. The van der Waals surface area contributed by atoms with Gasteiger partial charge in [-0.15, -0.1) is 0 Å². The Morgan fingerprint density at radius 2 is 1.92 bits per heavy atom. The zero-order valence-electron chi connectivity index (χ0n) is 8.55. The molecule has 0 unspecified atom stereocenters. The van der Waals surface area contributed by atoms with Crippen molar-refractivity contribution in [2.45, 2.75) is 51.9 Å². The number of H-pyrrole nitrogens is 1. The summed E-state index contributed by atoms with van der Waals surface area (Å²) in [6, 6.07) is 0. The maximum atomic E-state index is 4.19. The van der Waals surface area contributed by atoms with Crippen molar-refractivity contribution < 1.29 is 0 Å². The Balaban J connectivity index is 1.90. The second-order valence-corrected chi connectivity index (χ2v) is 3.55. The van der Waals surface area contributed by atoms with Crippen LogP contribution in [0.2, 0.25) is 0 Å². The molecule has 0 aliphatic rings. The van der Waals surface area contributed by atoms with Gasteiger partial charge in [0, 0.05) is 18.8 Å². The van der Waals surface area contributed by atoms with Gasteiger partial charge in [-0.1, -0.05) is 39.0 Å². The van der Waals surface area contributed by atoms with Gasteiger partial charge in [-0.3, -0.25) is 0 Å². The highest BCUT2D eigenvalue weighted by atomic mass is 14.9. The van der Waals surface area contributed by atoms with E-state index in [0.29, 0.717) is 0 Å². The number of aryl methyl sites for hydroxylation is 1. The molecule has 13 heavy (non-hydrogen) atoms. The fourth-order valence-corrected chi connectivity index (χ4v) is 1.51. The number of unbranched alkanes of at least 4 members (excludes halogenated alkanes) is 5. The Morgan fingerprint density at radius 3 is 2.62 bits per heavy atom. The van der Waals surface area contributed by atoms with Gasteiger partial charge >= 0.3 is 0 Å². The Kier molecular flexibility index (Phi) is 5.30. The topological polar surface area (TPSA) is 28.7 Å². The minimum absolute atomic E-state index is 1.11. The van der Waals surface area contributed by atoms with Crippen molar-refractivity contribution in [2.24, 2.45) is 0 Å². The third-order valence-corrected chi connectivity index (χ3v) is 2.32. The number of hydrogen-bond donors (Lipinski definition) is 1. The summed E-state index contributed by atoms with van der Waals surface area (Å²) in [6.07, 6.45) is 13.0. The molecular weight excluding hydrogens is 160 g/mol. The average molecular weight is 180 g/mol. The predicted octanol–water partition coefficient (Wildman–Crippen LogP) is 3.31. The number of aromatic amines is 1. The van der Waals surface area contributed by atoms with Gasteiger partial charge in [0.2, 0.25) is 0 Å². The highest BCUT2D eigenvalue weighted by Crippen LogP contribution is 2.06. The van der Waals surface area contributed by atoms with Crippen molar-refractivity contribution in [3.8, 4) is 0 Å². The van der Waals surface area contributed by atoms with Gasteiger partial charge in [-0.05, 0) is 6.42 Å². The molecule has 0 saturated carbocycles. The minimum Gasteiger partial charge on any atom is -0.349 e. The first-order valence-electron chi connectivity index (χ1n) is 5.41. The molecule has 2 heteroatoms. The molecule has 1 heterocycles. The van der Waals surface area contributed by atoms with Crippen molar-refractivity contribution in [3.63, 3.8) is 0 Å². The van der Waals surface area contributed by atoms with E-state index >= 15 is 0 Å². The van der Waals surface area contributed by atoms with E-state index in [1.807, 2.05) is 12.4 Å². The molecule has 0 aliphatic heterocycles. The summed E-state index contributed by atoms with van der Waals surface area (Å²) in [5.41, 5.74) is 0. The molecule has 1 N–H and O–H groups in total. The van der Waals surface area contributed by atoms with Crippen LogP contribution in [0.1, 0.15) is 51.3 Å². The zero-order chi connectivity index (χ0) is 9.36. The predicted molar refractivity (Wildman–Crippen MR) is 55.7 cm³/mol. The number of nitrogens with one attached hydrogen (secondary N) is 1. The molecule has 0 amide bonds. The summed E-state index contributed by atoms with van der Waals surface area (Å²) in [5, 5.41) is 0. The molecule has 0 saturated heterocycles. The van der Waals surface area contributed by atoms with Gasteiger partial charge in [-0.2, -0.15) is 0 Å².